The van der Waals surface area contributed by atoms with Crippen molar-refractivity contribution in [3.05, 3.63) is 17.9 Å². The molecule has 0 spiro atoms. The third kappa shape index (κ3) is 3.33. The van der Waals surface area contributed by atoms with Crippen molar-refractivity contribution in [1.29, 1.82) is 0 Å². The van der Waals surface area contributed by atoms with Crippen LogP contribution < -0.4 is 10.0 Å². The maximum atomic E-state index is 11.6. The molecular weight excluding hydrogens is 216 g/mol. The lowest BCUT2D eigenvalue weighted by Crippen LogP contribution is -2.23. The van der Waals surface area contributed by atoms with Crippen LogP contribution in [0.1, 0.15) is 19.1 Å². The number of rotatable bonds is 6. The third-order valence-corrected chi connectivity index (χ3v) is 3.13. The van der Waals surface area contributed by atoms with Crippen LogP contribution in [0.5, 0.6) is 0 Å². The lowest BCUT2D eigenvalue weighted by atomic mass is 10.4. The van der Waals surface area contributed by atoms with Gasteiger partial charge in [0.05, 0.1) is 6.54 Å². The van der Waals surface area contributed by atoms with Crippen LogP contribution in [-0.4, -0.2) is 22.0 Å². The zero-order valence-electron chi connectivity index (χ0n) is 8.91. The van der Waals surface area contributed by atoms with Gasteiger partial charge in [-0.15, -0.1) is 0 Å². The highest BCUT2D eigenvalue weighted by molar-refractivity contribution is 7.89. The molecule has 0 atom stereocenters. The van der Waals surface area contributed by atoms with Crippen molar-refractivity contribution in [3.63, 3.8) is 0 Å². The largest absolute Gasteiger partial charge is 0.447 e. The number of hydrogen-bond acceptors (Lipinski definition) is 4. The quantitative estimate of drug-likeness (QED) is 0.757. The van der Waals surface area contributed by atoms with Gasteiger partial charge in [-0.2, -0.15) is 0 Å². The van der Waals surface area contributed by atoms with Gasteiger partial charge in [-0.05, 0) is 25.6 Å². The Hall–Kier alpha value is -0.850. The molecule has 0 aromatic carbocycles. The van der Waals surface area contributed by atoms with E-state index in [2.05, 4.69) is 10.0 Å². The van der Waals surface area contributed by atoms with Gasteiger partial charge >= 0.3 is 0 Å². The summed E-state index contributed by atoms with van der Waals surface area (Å²) in [5.74, 6) is 0.606. The van der Waals surface area contributed by atoms with Crippen molar-refractivity contribution in [2.75, 3.05) is 13.6 Å². The maximum absolute atomic E-state index is 11.6. The van der Waals surface area contributed by atoms with E-state index in [1.54, 1.807) is 13.1 Å². The molecule has 0 unspecified atom stereocenters. The van der Waals surface area contributed by atoms with Crippen LogP contribution in [0.2, 0.25) is 0 Å². The highest BCUT2D eigenvalue weighted by atomic mass is 32.2. The minimum Gasteiger partial charge on any atom is -0.447 e. The second kappa shape index (κ2) is 5.29. The van der Waals surface area contributed by atoms with E-state index in [4.69, 9.17) is 4.42 Å². The van der Waals surface area contributed by atoms with Crippen molar-refractivity contribution < 1.29 is 12.8 Å². The molecule has 0 amide bonds. The molecule has 1 heterocycles. The zero-order chi connectivity index (χ0) is 11.3. The van der Waals surface area contributed by atoms with Gasteiger partial charge in [-0.25, -0.2) is 13.1 Å². The van der Waals surface area contributed by atoms with Crippen LogP contribution >= 0.6 is 0 Å². The van der Waals surface area contributed by atoms with Gasteiger partial charge in [0.15, 0.2) is 0 Å². The Morgan fingerprint density at radius 2 is 2.13 bits per heavy atom. The number of sulfonamides is 1. The maximum Gasteiger partial charge on any atom is 0.273 e. The number of hydrogen-bond donors (Lipinski definition) is 2. The van der Waals surface area contributed by atoms with Crippen LogP contribution in [0, 0.1) is 0 Å². The van der Waals surface area contributed by atoms with Crippen LogP contribution in [-0.2, 0) is 16.6 Å². The van der Waals surface area contributed by atoms with E-state index in [0.717, 1.165) is 6.42 Å². The van der Waals surface area contributed by atoms with Gasteiger partial charge < -0.3 is 9.73 Å². The fraction of sp³-hybridized carbons (Fsp3) is 0.556. The lowest BCUT2D eigenvalue weighted by molar-refractivity contribution is 0.404. The van der Waals surface area contributed by atoms with Crippen molar-refractivity contribution in [2.45, 2.75) is 25.0 Å². The minimum absolute atomic E-state index is 0.0267. The Morgan fingerprint density at radius 3 is 2.73 bits per heavy atom. The first-order valence-corrected chi connectivity index (χ1v) is 6.31. The summed E-state index contributed by atoms with van der Waals surface area (Å²) in [4.78, 5) is 0. The summed E-state index contributed by atoms with van der Waals surface area (Å²) in [5, 5.41) is 2.86. The molecule has 5 nitrogen and oxygen atoms in total. The van der Waals surface area contributed by atoms with E-state index in [0.29, 0.717) is 18.8 Å². The monoisotopic (exact) mass is 232 g/mol. The molecule has 15 heavy (non-hydrogen) atoms. The van der Waals surface area contributed by atoms with Crippen molar-refractivity contribution >= 4 is 10.0 Å². The second-order valence-corrected chi connectivity index (χ2v) is 4.85. The van der Waals surface area contributed by atoms with Gasteiger partial charge in [0.1, 0.15) is 5.76 Å². The average molecular weight is 232 g/mol. The van der Waals surface area contributed by atoms with Gasteiger partial charge in [0, 0.05) is 6.54 Å². The van der Waals surface area contributed by atoms with Crippen LogP contribution in [0.4, 0.5) is 0 Å². The van der Waals surface area contributed by atoms with Crippen molar-refractivity contribution in [1.82, 2.24) is 10.0 Å². The van der Waals surface area contributed by atoms with Crippen LogP contribution in [0.3, 0.4) is 0 Å². The van der Waals surface area contributed by atoms with Crippen molar-refractivity contribution in [3.8, 4) is 0 Å². The first kappa shape index (κ1) is 12.2. The standard InChI is InChI=1S/C9H16N2O3S/c1-3-6-11-15(12,13)9-5-4-8(14-9)7-10-2/h4-5,10-11H,3,6-7H2,1-2H3. The summed E-state index contributed by atoms with van der Waals surface area (Å²) in [6, 6.07) is 3.11. The number of nitrogens with one attached hydrogen (secondary N) is 2. The van der Waals surface area contributed by atoms with E-state index in [1.807, 2.05) is 6.92 Å². The molecule has 0 saturated heterocycles. The summed E-state index contributed by atoms with van der Waals surface area (Å²) < 4.78 is 30.8. The van der Waals surface area contributed by atoms with E-state index < -0.39 is 10.0 Å². The van der Waals surface area contributed by atoms with Gasteiger partial charge in [0.25, 0.3) is 10.0 Å². The zero-order valence-corrected chi connectivity index (χ0v) is 9.73. The molecule has 1 aromatic rings. The first-order valence-electron chi connectivity index (χ1n) is 4.83. The first-order chi connectivity index (χ1) is 7.10. The summed E-state index contributed by atoms with van der Waals surface area (Å²) >= 11 is 0. The third-order valence-electron chi connectivity index (χ3n) is 1.79. The second-order valence-electron chi connectivity index (χ2n) is 3.15. The predicted molar refractivity (Wildman–Crippen MR) is 57.0 cm³/mol. The van der Waals surface area contributed by atoms with Crippen molar-refractivity contribution in [2.24, 2.45) is 0 Å². The molecule has 0 aliphatic heterocycles. The summed E-state index contributed by atoms with van der Waals surface area (Å²) in [5.41, 5.74) is 0. The van der Waals surface area contributed by atoms with Gasteiger partial charge in [-0.1, -0.05) is 6.92 Å². The molecule has 0 aliphatic carbocycles. The predicted octanol–water partition coefficient (Wildman–Crippen LogP) is 0.687. The molecule has 0 radical (unpaired) electrons. The van der Waals surface area contributed by atoms with E-state index in [1.165, 1.54) is 6.07 Å². The lowest BCUT2D eigenvalue weighted by Gasteiger charge is -2.01. The minimum atomic E-state index is -3.46. The SMILES string of the molecule is CCCNS(=O)(=O)c1ccc(CNC)o1. The van der Waals surface area contributed by atoms with Gasteiger partial charge in [0.2, 0.25) is 5.09 Å². The van der Waals surface area contributed by atoms with E-state index in [-0.39, 0.29) is 5.09 Å². The topological polar surface area (TPSA) is 71.3 Å². The Bertz CT molecular complexity index is 397. The summed E-state index contributed by atoms with van der Waals surface area (Å²) in [6.07, 6.45) is 0.753. The highest BCUT2D eigenvalue weighted by Gasteiger charge is 2.17. The summed E-state index contributed by atoms with van der Waals surface area (Å²) in [6.45, 7) is 2.84. The van der Waals surface area contributed by atoms with E-state index >= 15 is 0 Å². The molecule has 0 saturated carbocycles. The number of furan rings is 1. The molecule has 86 valence electrons. The Morgan fingerprint density at radius 1 is 1.40 bits per heavy atom. The summed E-state index contributed by atoms with van der Waals surface area (Å²) in [7, 11) is -1.69. The molecule has 1 aromatic heterocycles. The van der Waals surface area contributed by atoms with Crippen LogP contribution in [0.25, 0.3) is 0 Å². The fourth-order valence-electron chi connectivity index (χ4n) is 1.08. The van der Waals surface area contributed by atoms with Crippen LogP contribution in [0.15, 0.2) is 21.6 Å². The fourth-order valence-corrected chi connectivity index (χ4v) is 2.16. The average Bonchev–Trinajstić information content (AvgIpc) is 2.65. The Kier molecular flexibility index (Phi) is 4.31. The Labute approximate surface area is 89.9 Å². The smallest absolute Gasteiger partial charge is 0.273 e. The molecular formula is C9H16N2O3S. The Balaban J connectivity index is 2.76. The molecule has 2 N–H and O–H groups in total. The normalized spacial score (nSPS) is 11.9. The van der Waals surface area contributed by atoms with E-state index in [9.17, 15) is 8.42 Å². The van der Waals surface area contributed by atoms with Gasteiger partial charge in [-0.3, -0.25) is 0 Å². The molecule has 0 bridgehead atoms. The molecule has 0 aliphatic rings. The molecule has 1 rings (SSSR count). The highest BCUT2D eigenvalue weighted by Crippen LogP contribution is 2.13. The molecule has 6 heteroatoms. The molecule has 0 fully saturated rings.